The van der Waals surface area contributed by atoms with Gasteiger partial charge in [0.15, 0.2) is 0 Å². The van der Waals surface area contributed by atoms with E-state index < -0.39 is 0 Å². The lowest BCUT2D eigenvalue weighted by molar-refractivity contribution is -0.155. The van der Waals surface area contributed by atoms with Gasteiger partial charge in [0.05, 0.1) is 25.2 Å². The summed E-state index contributed by atoms with van der Waals surface area (Å²) in [5, 5.41) is 13.1. The highest BCUT2D eigenvalue weighted by Crippen LogP contribution is 2.41. The van der Waals surface area contributed by atoms with E-state index >= 15 is 0 Å². The maximum Gasteiger partial charge on any atom is 0.0596 e. The molecule has 0 radical (unpaired) electrons. The van der Waals surface area contributed by atoms with Crippen molar-refractivity contribution < 1.29 is 9.84 Å². The van der Waals surface area contributed by atoms with Crippen LogP contribution in [0.3, 0.4) is 0 Å². The minimum absolute atomic E-state index is 0.143. The Bertz CT molecular complexity index is 433. The molecule has 2 N–H and O–H groups in total. The van der Waals surface area contributed by atoms with Gasteiger partial charge < -0.3 is 15.2 Å². The van der Waals surface area contributed by atoms with Gasteiger partial charge in [0.1, 0.15) is 0 Å². The predicted octanol–water partition coefficient (Wildman–Crippen LogP) is 2.39. The quantitative estimate of drug-likeness (QED) is 0.857. The monoisotopic (exact) mass is 263 g/mol. The second-order valence-electron chi connectivity index (χ2n) is 6.01. The van der Waals surface area contributed by atoms with Gasteiger partial charge in [-0.25, -0.2) is 0 Å². The van der Waals surface area contributed by atoms with Crippen LogP contribution in [0.2, 0.25) is 0 Å². The van der Waals surface area contributed by atoms with Crippen LogP contribution in [0.25, 0.3) is 0 Å². The van der Waals surface area contributed by atoms with Crippen LogP contribution in [0, 0.1) is 12.3 Å². The molecule has 0 spiro atoms. The molecule has 0 aromatic heterocycles. The Balaban J connectivity index is 2.40. The van der Waals surface area contributed by atoms with E-state index in [9.17, 15) is 5.11 Å². The lowest BCUT2D eigenvalue weighted by Crippen LogP contribution is -2.53. The third-order valence-electron chi connectivity index (χ3n) is 4.28. The second-order valence-corrected chi connectivity index (χ2v) is 6.01. The maximum atomic E-state index is 9.75. The first-order chi connectivity index (χ1) is 9.04. The van der Waals surface area contributed by atoms with E-state index in [1.165, 1.54) is 16.7 Å². The third kappa shape index (κ3) is 2.55. The Kier molecular flexibility index (Phi) is 4.29. The molecule has 1 aromatic rings. The van der Waals surface area contributed by atoms with Crippen LogP contribution < -0.4 is 5.32 Å². The minimum atomic E-state index is -0.172. The Morgan fingerprint density at radius 3 is 2.47 bits per heavy atom. The van der Waals surface area contributed by atoms with Gasteiger partial charge in [-0.05, 0) is 36.6 Å². The zero-order chi connectivity index (χ0) is 14.0. The lowest BCUT2D eigenvalue weighted by Gasteiger charge is -2.46. The SMILES string of the molecule is CNC(c1cc(C(C)C)ccc1C)C1(CO)COC1. The minimum Gasteiger partial charge on any atom is -0.396 e. The number of hydrogen-bond donors (Lipinski definition) is 2. The number of aliphatic hydroxyl groups is 1. The molecule has 1 unspecified atom stereocenters. The number of nitrogens with one attached hydrogen (secondary N) is 1. The summed E-state index contributed by atoms with van der Waals surface area (Å²) in [5.74, 6) is 0.513. The van der Waals surface area contributed by atoms with Crippen molar-refractivity contribution in [2.75, 3.05) is 26.9 Å². The van der Waals surface area contributed by atoms with E-state index in [4.69, 9.17) is 4.74 Å². The maximum absolute atomic E-state index is 9.75. The molecular formula is C16H25NO2. The van der Waals surface area contributed by atoms with Crippen LogP contribution in [-0.2, 0) is 4.74 Å². The predicted molar refractivity (Wildman–Crippen MR) is 77.4 cm³/mol. The zero-order valence-corrected chi connectivity index (χ0v) is 12.4. The highest BCUT2D eigenvalue weighted by Gasteiger charge is 2.45. The number of aryl methyl sites for hydroxylation is 1. The molecule has 1 saturated heterocycles. The van der Waals surface area contributed by atoms with Crippen LogP contribution in [0.1, 0.15) is 42.5 Å². The largest absolute Gasteiger partial charge is 0.396 e. The molecule has 19 heavy (non-hydrogen) atoms. The van der Waals surface area contributed by atoms with Crippen molar-refractivity contribution in [2.45, 2.75) is 32.7 Å². The van der Waals surface area contributed by atoms with Gasteiger partial charge in [0.2, 0.25) is 0 Å². The molecule has 106 valence electrons. The number of rotatable bonds is 5. The van der Waals surface area contributed by atoms with Gasteiger partial charge in [-0.3, -0.25) is 0 Å². The van der Waals surface area contributed by atoms with Crippen LogP contribution in [0.5, 0.6) is 0 Å². The van der Waals surface area contributed by atoms with Gasteiger partial charge in [-0.15, -0.1) is 0 Å². The third-order valence-corrected chi connectivity index (χ3v) is 4.28. The van der Waals surface area contributed by atoms with Crippen molar-refractivity contribution in [1.29, 1.82) is 0 Å². The molecule has 3 nitrogen and oxygen atoms in total. The number of aliphatic hydroxyl groups excluding tert-OH is 1. The topological polar surface area (TPSA) is 41.5 Å². The van der Waals surface area contributed by atoms with E-state index in [1.807, 2.05) is 7.05 Å². The van der Waals surface area contributed by atoms with Crippen molar-refractivity contribution in [3.63, 3.8) is 0 Å². The average Bonchev–Trinajstić information content (AvgIpc) is 2.34. The fraction of sp³-hybridized carbons (Fsp3) is 0.625. The van der Waals surface area contributed by atoms with Crippen molar-refractivity contribution in [1.82, 2.24) is 5.32 Å². The Morgan fingerprint density at radius 1 is 1.37 bits per heavy atom. The number of ether oxygens (including phenoxy) is 1. The highest BCUT2D eigenvalue weighted by molar-refractivity contribution is 5.36. The first-order valence-electron chi connectivity index (χ1n) is 7.00. The van der Waals surface area contributed by atoms with E-state index in [1.54, 1.807) is 0 Å². The number of benzene rings is 1. The molecule has 0 amide bonds. The molecule has 1 heterocycles. The fourth-order valence-electron chi connectivity index (χ4n) is 2.83. The molecule has 0 saturated carbocycles. The average molecular weight is 263 g/mol. The summed E-state index contributed by atoms with van der Waals surface area (Å²) < 4.78 is 5.35. The van der Waals surface area contributed by atoms with E-state index in [-0.39, 0.29) is 18.1 Å². The summed E-state index contributed by atoms with van der Waals surface area (Å²) in [6.45, 7) is 7.95. The molecule has 1 aliphatic heterocycles. The molecule has 1 fully saturated rings. The van der Waals surface area contributed by atoms with Crippen molar-refractivity contribution in [3.8, 4) is 0 Å². The highest BCUT2D eigenvalue weighted by atomic mass is 16.5. The standard InChI is InChI=1S/C16H25NO2/c1-11(2)13-6-5-12(3)14(7-13)15(17-4)16(8-18)9-19-10-16/h5-7,11,15,17-18H,8-10H2,1-4H3. The van der Waals surface area contributed by atoms with Gasteiger partial charge >= 0.3 is 0 Å². The van der Waals surface area contributed by atoms with Crippen LogP contribution in [0.4, 0.5) is 0 Å². The summed E-state index contributed by atoms with van der Waals surface area (Å²) >= 11 is 0. The molecule has 3 heteroatoms. The van der Waals surface area contributed by atoms with Crippen molar-refractivity contribution in [3.05, 3.63) is 34.9 Å². The second kappa shape index (κ2) is 5.61. The summed E-state index contributed by atoms with van der Waals surface area (Å²) in [6.07, 6.45) is 0. The van der Waals surface area contributed by atoms with Crippen LogP contribution in [-0.4, -0.2) is 32.0 Å². The van der Waals surface area contributed by atoms with Crippen LogP contribution >= 0.6 is 0 Å². The first kappa shape index (κ1) is 14.5. The molecule has 1 atom stereocenters. The smallest absolute Gasteiger partial charge is 0.0596 e. The summed E-state index contributed by atoms with van der Waals surface area (Å²) in [5.41, 5.74) is 3.72. The Labute approximate surface area is 116 Å². The Hall–Kier alpha value is -0.900. The molecule has 2 rings (SSSR count). The number of hydrogen-bond acceptors (Lipinski definition) is 3. The lowest BCUT2D eigenvalue weighted by atomic mass is 9.74. The molecule has 1 aromatic carbocycles. The normalized spacial score (nSPS) is 19.3. The van der Waals surface area contributed by atoms with Crippen molar-refractivity contribution >= 4 is 0 Å². The molecule has 0 bridgehead atoms. The van der Waals surface area contributed by atoms with Gasteiger partial charge in [-0.2, -0.15) is 0 Å². The van der Waals surface area contributed by atoms with Gasteiger partial charge in [0.25, 0.3) is 0 Å². The van der Waals surface area contributed by atoms with Crippen molar-refractivity contribution in [2.24, 2.45) is 5.41 Å². The Morgan fingerprint density at radius 2 is 2.05 bits per heavy atom. The van der Waals surface area contributed by atoms with Gasteiger partial charge in [-0.1, -0.05) is 32.0 Å². The van der Waals surface area contributed by atoms with Gasteiger partial charge in [0, 0.05) is 6.04 Å². The summed E-state index contributed by atoms with van der Waals surface area (Å²) in [7, 11) is 1.96. The van der Waals surface area contributed by atoms with Crippen LogP contribution in [0.15, 0.2) is 18.2 Å². The zero-order valence-electron chi connectivity index (χ0n) is 12.4. The molecule has 0 aliphatic carbocycles. The molecule has 1 aliphatic rings. The fourth-order valence-corrected chi connectivity index (χ4v) is 2.83. The summed E-state index contributed by atoms with van der Waals surface area (Å²) in [4.78, 5) is 0. The first-order valence-corrected chi connectivity index (χ1v) is 7.00. The van der Waals surface area contributed by atoms with E-state index in [0.29, 0.717) is 19.1 Å². The van der Waals surface area contributed by atoms with E-state index in [0.717, 1.165) is 0 Å². The van der Waals surface area contributed by atoms with E-state index in [2.05, 4.69) is 44.3 Å². The summed E-state index contributed by atoms with van der Waals surface area (Å²) in [6, 6.07) is 6.79. The molecular weight excluding hydrogens is 238 g/mol.